The van der Waals surface area contributed by atoms with Gasteiger partial charge >= 0.3 is 0 Å². The molecule has 4 N–H and O–H groups in total. The summed E-state index contributed by atoms with van der Waals surface area (Å²) in [6.07, 6.45) is 7.62. The van der Waals surface area contributed by atoms with Crippen molar-refractivity contribution in [1.82, 2.24) is 0 Å². The number of aliphatic hydroxyl groups excluding tert-OH is 2. The lowest BCUT2D eigenvalue weighted by molar-refractivity contribution is -0.719. The van der Waals surface area contributed by atoms with Crippen molar-refractivity contribution in [2.24, 2.45) is 10.3 Å². The van der Waals surface area contributed by atoms with E-state index in [-0.39, 0.29) is 13.1 Å². The quantitative estimate of drug-likeness (QED) is 0.128. The van der Waals surface area contributed by atoms with Crippen molar-refractivity contribution >= 4 is 12.4 Å². The molecule has 0 radical (unpaired) electrons. The van der Waals surface area contributed by atoms with E-state index < -0.39 is 22.4 Å². The molecule has 0 saturated carbocycles. The molecular formula is C16H20N6O10. The smallest absolute Gasteiger partial charge is 0.176 e. The molecule has 2 rings (SSSR count). The SMILES string of the molecule is O/N=C\c1cc[n+](CC(O)C(O)C[n+]2ccc(/C=N\O)cc2)cc1.O=[N+]([O-])[O-].O=[N+]([O-])[O-]. The second-order valence-electron chi connectivity index (χ2n) is 5.73. The lowest BCUT2D eigenvalue weighted by atomic mass is 10.2. The van der Waals surface area contributed by atoms with Crippen LogP contribution in [0, 0.1) is 30.6 Å². The molecule has 174 valence electrons. The topological polar surface area (TPSA) is 246 Å². The van der Waals surface area contributed by atoms with Crippen LogP contribution in [0.25, 0.3) is 0 Å². The van der Waals surface area contributed by atoms with Crippen LogP contribution in [-0.2, 0) is 13.1 Å². The molecule has 16 heteroatoms. The summed E-state index contributed by atoms with van der Waals surface area (Å²) in [5.41, 5.74) is 1.46. The first kappa shape index (κ1) is 27.6. The number of pyridine rings is 2. The average molecular weight is 456 g/mol. The van der Waals surface area contributed by atoms with Crippen LogP contribution in [0.4, 0.5) is 0 Å². The van der Waals surface area contributed by atoms with Gasteiger partial charge in [0.05, 0.1) is 22.6 Å². The third-order valence-corrected chi connectivity index (χ3v) is 3.49. The van der Waals surface area contributed by atoms with Gasteiger partial charge in [0.25, 0.3) is 0 Å². The van der Waals surface area contributed by atoms with Gasteiger partial charge in [0.1, 0.15) is 12.2 Å². The molecule has 0 bridgehead atoms. The zero-order chi connectivity index (χ0) is 24.5. The summed E-state index contributed by atoms with van der Waals surface area (Å²) in [5, 5.41) is 72.6. The molecule has 2 heterocycles. The zero-order valence-corrected chi connectivity index (χ0v) is 16.3. The van der Waals surface area contributed by atoms with E-state index in [0.717, 1.165) is 11.1 Å². The van der Waals surface area contributed by atoms with E-state index >= 15 is 0 Å². The molecule has 0 aromatic carbocycles. The van der Waals surface area contributed by atoms with Crippen LogP contribution in [0.3, 0.4) is 0 Å². The molecule has 2 atom stereocenters. The minimum atomic E-state index is -1.75. The number of rotatable bonds is 7. The van der Waals surface area contributed by atoms with Gasteiger partial charge in [-0.25, -0.2) is 9.13 Å². The van der Waals surface area contributed by atoms with Crippen molar-refractivity contribution < 1.29 is 39.9 Å². The molecule has 2 aromatic rings. The Labute approximate surface area is 179 Å². The highest BCUT2D eigenvalue weighted by atomic mass is 16.9. The van der Waals surface area contributed by atoms with Crippen LogP contribution in [0.5, 0.6) is 0 Å². The Morgan fingerprint density at radius 3 is 1.22 bits per heavy atom. The van der Waals surface area contributed by atoms with Gasteiger partial charge < -0.3 is 51.3 Å². The van der Waals surface area contributed by atoms with Crippen LogP contribution in [-0.4, -0.2) is 55.4 Å². The summed E-state index contributed by atoms with van der Waals surface area (Å²) in [4.78, 5) is 16.5. The van der Waals surface area contributed by atoms with Crippen molar-refractivity contribution in [2.75, 3.05) is 0 Å². The molecule has 0 aliphatic heterocycles. The van der Waals surface area contributed by atoms with Gasteiger partial charge in [-0.1, -0.05) is 10.3 Å². The molecule has 16 nitrogen and oxygen atoms in total. The van der Waals surface area contributed by atoms with Crippen LogP contribution in [0.15, 0.2) is 59.4 Å². The Bertz CT molecular complexity index is 794. The number of oxime groups is 2. The van der Waals surface area contributed by atoms with Crippen LogP contribution < -0.4 is 9.13 Å². The largest absolute Gasteiger partial charge is 0.411 e. The molecule has 32 heavy (non-hydrogen) atoms. The zero-order valence-electron chi connectivity index (χ0n) is 16.3. The van der Waals surface area contributed by atoms with E-state index in [4.69, 9.17) is 41.1 Å². The summed E-state index contributed by atoms with van der Waals surface area (Å²) in [5.74, 6) is 0. The van der Waals surface area contributed by atoms with E-state index in [0.29, 0.717) is 0 Å². The molecule has 0 saturated heterocycles. The van der Waals surface area contributed by atoms with E-state index in [1.807, 2.05) is 0 Å². The Morgan fingerprint density at radius 2 is 1.00 bits per heavy atom. The monoisotopic (exact) mass is 456 g/mol. The second-order valence-corrected chi connectivity index (χ2v) is 5.73. The fourth-order valence-corrected chi connectivity index (χ4v) is 2.16. The fraction of sp³-hybridized carbons (Fsp3) is 0.250. The molecule has 2 unspecified atom stereocenters. The number of hydrogen-bond donors (Lipinski definition) is 4. The van der Waals surface area contributed by atoms with Gasteiger partial charge in [-0.2, -0.15) is 0 Å². The maximum atomic E-state index is 10.1. The Morgan fingerprint density at radius 1 is 0.750 bits per heavy atom. The van der Waals surface area contributed by atoms with Crippen molar-refractivity contribution in [2.45, 2.75) is 25.3 Å². The number of hydrogen-bond acceptors (Lipinski definition) is 12. The van der Waals surface area contributed by atoms with Gasteiger partial charge in [0.2, 0.25) is 0 Å². The molecule has 2 aromatic heterocycles. The van der Waals surface area contributed by atoms with Crippen molar-refractivity contribution in [3.8, 4) is 0 Å². The fourth-order valence-electron chi connectivity index (χ4n) is 2.16. The van der Waals surface area contributed by atoms with Gasteiger partial charge in [-0.3, -0.25) is 0 Å². The summed E-state index contributed by atoms with van der Waals surface area (Å²) in [6, 6.07) is 6.92. The maximum absolute atomic E-state index is 10.1. The molecule has 0 aliphatic carbocycles. The number of aliphatic hydroxyl groups is 2. The second kappa shape index (κ2) is 15.4. The third kappa shape index (κ3) is 13.7. The summed E-state index contributed by atoms with van der Waals surface area (Å²) < 4.78 is 3.46. The first-order valence-corrected chi connectivity index (χ1v) is 8.41. The number of nitrogens with zero attached hydrogens (tertiary/aromatic N) is 6. The molecule has 0 aliphatic rings. The van der Waals surface area contributed by atoms with Gasteiger partial charge in [0.15, 0.2) is 37.9 Å². The lowest BCUT2D eigenvalue weighted by Gasteiger charge is -2.12. The van der Waals surface area contributed by atoms with E-state index in [1.165, 1.54) is 12.4 Å². The van der Waals surface area contributed by atoms with E-state index in [9.17, 15) is 10.2 Å². The van der Waals surface area contributed by atoms with Gasteiger partial charge in [-0.05, 0) is 0 Å². The minimum absolute atomic E-state index is 0.230. The van der Waals surface area contributed by atoms with E-state index in [1.54, 1.807) is 58.2 Å². The first-order chi connectivity index (χ1) is 15.1. The minimum Gasteiger partial charge on any atom is -0.411 e. The molecule has 0 amide bonds. The molecular weight excluding hydrogens is 436 g/mol. The van der Waals surface area contributed by atoms with Crippen molar-refractivity contribution in [1.29, 1.82) is 0 Å². The highest BCUT2D eigenvalue weighted by Gasteiger charge is 2.24. The van der Waals surface area contributed by atoms with Crippen LogP contribution in [0.2, 0.25) is 0 Å². The predicted molar refractivity (Wildman–Crippen MR) is 105 cm³/mol. The van der Waals surface area contributed by atoms with Gasteiger partial charge in [0, 0.05) is 35.4 Å². The van der Waals surface area contributed by atoms with Crippen molar-refractivity contribution in [3.63, 3.8) is 0 Å². The standard InChI is InChI=1S/C16H18N4O4.2NO3/c21-15(11-19-5-1-13(2-6-19)9-17-23)16(22)12-20-7-3-14(4-8-20)10-18-24;2*2-1(3)4/h1-10,15-16,21-22H,11-12H2;;/q;2*-1/p+2. The number of aromatic nitrogens is 2. The summed E-state index contributed by atoms with van der Waals surface area (Å²) >= 11 is 0. The van der Waals surface area contributed by atoms with E-state index in [2.05, 4.69) is 10.3 Å². The average Bonchev–Trinajstić information content (AvgIpc) is 2.70. The lowest BCUT2D eigenvalue weighted by Crippen LogP contribution is -2.49. The highest BCUT2D eigenvalue weighted by molar-refractivity contribution is 5.78. The maximum Gasteiger partial charge on any atom is 0.176 e. The van der Waals surface area contributed by atoms with Crippen LogP contribution >= 0.6 is 0 Å². The third-order valence-electron chi connectivity index (χ3n) is 3.49. The normalized spacial score (nSPS) is 12.2. The first-order valence-electron chi connectivity index (χ1n) is 8.41. The molecule has 0 fully saturated rings. The Hall–Kier alpha value is -4.44. The predicted octanol–water partition coefficient (Wildman–Crippen LogP) is -1.18. The van der Waals surface area contributed by atoms with Crippen LogP contribution in [0.1, 0.15) is 11.1 Å². The Balaban J connectivity index is 0.00000104. The van der Waals surface area contributed by atoms with Gasteiger partial charge in [-0.15, -0.1) is 0 Å². The van der Waals surface area contributed by atoms with Crippen molar-refractivity contribution in [3.05, 3.63) is 90.8 Å². The molecule has 0 spiro atoms. The Kier molecular flexibility index (Phi) is 13.3. The summed E-state index contributed by atoms with van der Waals surface area (Å²) in [7, 11) is 0. The highest BCUT2D eigenvalue weighted by Crippen LogP contribution is 1.97. The summed E-state index contributed by atoms with van der Waals surface area (Å²) in [6.45, 7) is 0.459.